The molecule has 1 fully saturated rings. The van der Waals surface area contributed by atoms with Crippen LogP contribution < -0.4 is 14.2 Å². The van der Waals surface area contributed by atoms with Crippen molar-refractivity contribution in [3.8, 4) is 17.4 Å². The van der Waals surface area contributed by atoms with E-state index in [1.807, 2.05) is 0 Å². The second kappa shape index (κ2) is 10.7. The van der Waals surface area contributed by atoms with E-state index in [1.54, 1.807) is 6.92 Å². The molecule has 12 nitrogen and oxygen atoms in total. The van der Waals surface area contributed by atoms with Crippen LogP contribution in [-0.2, 0) is 10.0 Å². The summed E-state index contributed by atoms with van der Waals surface area (Å²) in [5, 5.41) is 7.40. The smallest absolute Gasteiger partial charge is 0.245 e. The first-order valence-electron chi connectivity index (χ1n) is 11.2. The molecule has 0 spiro atoms. The molecule has 2 unspecified atom stereocenters. The third-order valence-electron chi connectivity index (χ3n) is 6.51. The number of sulfonamides is 1. The predicted molar refractivity (Wildman–Crippen MR) is 129 cm³/mol. The maximum atomic E-state index is 13.6. The number of alkyl halides is 2. The number of halogens is 3. The summed E-state index contributed by atoms with van der Waals surface area (Å²) in [6, 6.07) is 0. The van der Waals surface area contributed by atoms with Crippen molar-refractivity contribution in [1.82, 2.24) is 34.7 Å². The lowest BCUT2D eigenvalue weighted by Gasteiger charge is -2.35. The third kappa shape index (κ3) is 5.14. The Kier molecular flexibility index (Phi) is 7.73. The average molecular weight is 559 g/mol. The van der Waals surface area contributed by atoms with Crippen LogP contribution in [-0.4, -0.2) is 69.0 Å². The Balaban J connectivity index is 1.78. The molecule has 1 N–H and O–H groups in total. The molecule has 1 saturated carbocycles. The van der Waals surface area contributed by atoms with Crippen molar-refractivity contribution < 1.29 is 26.7 Å². The Hall–Kier alpha value is -3.20. The lowest BCUT2D eigenvalue weighted by atomic mass is 9.73. The molecular weight excluding hydrogens is 534 g/mol. The van der Waals surface area contributed by atoms with E-state index in [4.69, 9.17) is 21.1 Å². The van der Waals surface area contributed by atoms with Crippen molar-refractivity contribution in [1.29, 1.82) is 0 Å². The molecule has 1 aliphatic carbocycles. The number of hydrogen-bond donors (Lipinski definition) is 1. The molecule has 0 aliphatic heterocycles. The predicted octanol–water partition coefficient (Wildman–Crippen LogP) is 3.21. The Labute approximate surface area is 216 Å². The summed E-state index contributed by atoms with van der Waals surface area (Å²) >= 11 is 5.84. The molecule has 0 saturated heterocycles. The van der Waals surface area contributed by atoms with Crippen molar-refractivity contribution in [3.63, 3.8) is 0 Å². The molecule has 0 radical (unpaired) electrons. The van der Waals surface area contributed by atoms with Crippen LogP contribution in [0.3, 0.4) is 0 Å². The summed E-state index contributed by atoms with van der Waals surface area (Å²) in [5.41, 5.74) is 0.0758. The Morgan fingerprint density at radius 3 is 2.19 bits per heavy atom. The van der Waals surface area contributed by atoms with Gasteiger partial charge in [-0.05, 0) is 19.8 Å². The second-order valence-corrected chi connectivity index (χ2v) is 11.0. The maximum Gasteiger partial charge on any atom is 0.245 e. The summed E-state index contributed by atoms with van der Waals surface area (Å²) in [6.07, 6.45) is 2.07. The minimum Gasteiger partial charge on any atom is -0.479 e. The molecule has 0 bridgehead atoms. The summed E-state index contributed by atoms with van der Waals surface area (Å²) < 4.78 is 68.5. The Bertz CT molecular complexity index is 1340. The highest BCUT2D eigenvalue weighted by Crippen LogP contribution is 2.47. The number of nitrogens with one attached hydrogen (secondary N) is 1. The first-order chi connectivity index (χ1) is 17.6. The van der Waals surface area contributed by atoms with Crippen molar-refractivity contribution in [2.24, 2.45) is 5.92 Å². The summed E-state index contributed by atoms with van der Waals surface area (Å²) in [6.45, 7) is 3.14. The van der Waals surface area contributed by atoms with Crippen LogP contribution in [0.2, 0.25) is 5.02 Å². The van der Waals surface area contributed by atoms with Gasteiger partial charge in [0.25, 0.3) is 0 Å². The molecule has 0 aromatic carbocycles. The maximum absolute atomic E-state index is 13.6. The van der Waals surface area contributed by atoms with Crippen LogP contribution in [0.15, 0.2) is 18.7 Å². The van der Waals surface area contributed by atoms with E-state index in [1.165, 1.54) is 44.4 Å². The van der Waals surface area contributed by atoms with Crippen molar-refractivity contribution in [2.45, 2.75) is 50.2 Å². The fourth-order valence-corrected chi connectivity index (χ4v) is 5.39. The zero-order valence-electron chi connectivity index (χ0n) is 20.3. The van der Waals surface area contributed by atoms with E-state index in [2.05, 4.69) is 34.9 Å². The topological polar surface area (TPSA) is 147 Å². The van der Waals surface area contributed by atoms with Gasteiger partial charge < -0.3 is 9.47 Å². The van der Waals surface area contributed by atoms with Crippen LogP contribution in [0.4, 0.5) is 14.7 Å². The number of aromatic nitrogens is 7. The monoisotopic (exact) mass is 558 g/mol. The summed E-state index contributed by atoms with van der Waals surface area (Å²) in [4.78, 5) is 16.4. The van der Waals surface area contributed by atoms with E-state index >= 15 is 0 Å². The van der Waals surface area contributed by atoms with Gasteiger partial charge >= 0.3 is 0 Å². The van der Waals surface area contributed by atoms with Crippen LogP contribution in [0.1, 0.15) is 50.2 Å². The molecule has 4 rings (SSSR count). The highest BCUT2D eigenvalue weighted by atomic mass is 35.5. The van der Waals surface area contributed by atoms with Gasteiger partial charge in [0.05, 0.1) is 24.5 Å². The molecule has 4 atom stereocenters. The number of rotatable bonds is 10. The van der Waals surface area contributed by atoms with Gasteiger partial charge in [-0.15, -0.1) is 10.2 Å². The number of hydrogen-bond acceptors (Lipinski definition) is 10. The molecule has 3 heterocycles. The first kappa shape index (κ1) is 26.9. The second-order valence-electron chi connectivity index (χ2n) is 8.54. The van der Waals surface area contributed by atoms with Gasteiger partial charge in [0.2, 0.25) is 34.2 Å². The van der Waals surface area contributed by atoms with E-state index in [0.29, 0.717) is 17.9 Å². The van der Waals surface area contributed by atoms with Crippen LogP contribution in [0.25, 0.3) is 5.69 Å². The van der Waals surface area contributed by atoms with Gasteiger partial charge in [0.15, 0.2) is 5.69 Å². The van der Waals surface area contributed by atoms with Crippen molar-refractivity contribution in [2.75, 3.05) is 18.9 Å². The van der Waals surface area contributed by atoms with Gasteiger partial charge in [0, 0.05) is 30.1 Å². The molecule has 3 aromatic rings. The quantitative estimate of drug-likeness (QED) is 0.393. The molecule has 3 aromatic heterocycles. The standard InChI is InChI=1S/C21H25ClF2N8O4S/c1-10(17-25-7-12(22)8-26-17)11(2)37(33,34)31-21-30-29-18(14-6-5-13(14)16(23)24)32(21)15-19(35-3)27-9-28-20(15)36-4/h7-11,13-14,16H,5-6H2,1-4H3,(H,30,31)/t10?,11?,13-,14-/m1/s1. The highest BCUT2D eigenvalue weighted by Gasteiger charge is 2.43. The van der Waals surface area contributed by atoms with Crippen molar-refractivity contribution >= 4 is 27.6 Å². The number of anilines is 1. The summed E-state index contributed by atoms with van der Waals surface area (Å²) in [5.74, 6) is -2.12. The van der Waals surface area contributed by atoms with Gasteiger partial charge in [-0.25, -0.2) is 27.2 Å². The fraction of sp³-hybridized carbons (Fsp3) is 0.524. The molecule has 16 heteroatoms. The first-order valence-corrected chi connectivity index (χ1v) is 13.2. The summed E-state index contributed by atoms with van der Waals surface area (Å²) in [7, 11) is -1.43. The Morgan fingerprint density at radius 2 is 1.68 bits per heavy atom. The van der Waals surface area contributed by atoms with Crippen LogP contribution in [0.5, 0.6) is 11.8 Å². The van der Waals surface area contributed by atoms with Gasteiger partial charge in [-0.2, -0.15) is 9.97 Å². The minimum absolute atomic E-state index is 0.0113. The lowest BCUT2D eigenvalue weighted by molar-refractivity contribution is 0.0139. The van der Waals surface area contributed by atoms with Crippen LogP contribution >= 0.6 is 11.6 Å². The van der Waals surface area contributed by atoms with Gasteiger partial charge in [0.1, 0.15) is 18.0 Å². The normalized spacial score (nSPS) is 19.2. The van der Waals surface area contributed by atoms with Gasteiger partial charge in [-0.1, -0.05) is 18.5 Å². The molecule has 0 amide bonds. The van der Waals surface area contributed by atoms with Crippen LogP contribution in [0, 0.1) is 5.92 Å². The Morgan fingerprint density at radius 1 is 1.05 bits per heavy atom. The minimum atomic E-state index is -4.13. The van der Waals surface area contributed by atoms with E-state index in [0.717, 1.165) is 0 Å². The molecular formula is C21H25ClF2N8O4S. The highest BCUT2D eigenvalue weighted by molar-refractivity contribution is 7.93. The van der Waals surface area contributed by atoms with Gasteiger partial charge in [-0.3, -0.25) is 9.29 Å². The van der Waals surface area contributed by atoms with E-state index in [9.17, 15) is 17.2 Å². The molecule has 37 heavy (non-hydrogen) atoms. The lowest BCUT2D eigenvalue weighted by Crippen LogP contribution is -2.33. The third-order valence-corrected chi connectivity index (χ3v) is 8.56. The zero-order chi connectivity index (χ0) is 26.9. The average Bonchev–Trinajstić information content (AvgIpc) is 3.23. The largest absolute Gasteiger partial charge is 0.479 e. The van der Waals surface area contributed by atoms with E-state index < -0.39 is 39.5 Å². The van der Waals surface area contributed by atoms with E-state index in [-0.39, 0.29) is 35.0 Å². The molecule has 200 valence electrons. The number of methoxy groups -OCH3 is 2. The zero-order valence-corrected chi connectivity index (χ0v) is 21.9. The molecule has 1 aliphatic rings. The number of ether oxygens (including phenoxy) is 2. The SMILES string of the molecule is COc1ncnc(OC)c1-n1c(NS(=O)(=O)C(C)C(C)c2ncc(Cl)cn2)nnc1[C@@H]1CC[C@H]1C(F)F. The number of nitrogens with zero attached hydrogens (tertiary/aromatic N) is 7. The fourth-order valence-electron chi connectivity index (χ4n) is 4.06. The van der Waals surface area contributed by atoms with Crippen molar-refractivity contribution in [3.05, 3.63) is 35.4 Å².